The monoisotopic (exact) mass is 399 g/mol. The van der Waals surface area contributed by atoms with Crippen molar-refractivity contribution in [3.8, 4) is 28.2 Å². The smallest absolute Gasteiger partial charge is 0.143 e. The topological polar surface area (TPSA) is 4.93 Å². The molecule has 0 aliphatic heterocycles. The van der Waals surface area contributed by atoms with Crippen molar-refractivity contribution in [1.29, 1.82) is 0 Å². The second-order valence-corrected chi connectivity index (χ2v) is 7.33. The van der Waals surface area contributed by atoms with E-state index in [0.717, 1.165) is 4.47 Å². The molecule has 3 aromatic carbocycles. The molecule has 4 rings (SSSR count). The maximum Gasteiger partial charge on any atom is 0.143 e. The molecule has 0 unspecified atom stereocenters. The summed E-state index contributed by atoms with van der Waals surface area (Å²) in [5.41, 5.74) is 8.50. The minimum Gasteiger partial charge on any atom is -0.309 e. The SMILES string of the molecule is Bc1c(Br)c(-c2ccccc2)n(-c2ccc(C)cc2)c1-c1ccccc1. The number of halogens is 1. The summed E-state index contributed by atoms with van der Waals surface area (Å²) in [4.78, 5) is 0. The molecule has 0 spiro atoms. The standard InChI is InChI=1S/C23H19BBrN/c1-16-12-14-19(15-13-16)26-22(17-8-4-2-5-9-17)20(24)21(25)23(26)18-10-6-3-7-11-18/h2-15H,24H2,1H3. The van der Waals surface area contributed by atoms with E-state index < -0.39 is 0 Å². The molecule has 1 heterocycles. The van der Waals surface area contributed by atoms with Crippen LogP contribution in [0, 0.1) is 6.92 Å². The molecule has 3 heteroatoms. The molecule has 0 fully saturated rings. The third-order valence-corrected chi connectivity index (χ3v) is 5.70. The Hall–Kier alpha value is -2.52. The van der Waals surface area contributed by atoms with Gasteiger partial charge in [-0.2, -0.15) is 0 Å². The van der Waals surface area contributed by atoms with Crippen molar-refractivity contribution in [3.05, 3.63) is 95.0 Å². The number of aryl methyl sites for hydroxylation is 1. The van der Waals surface area contributed by atoms with Gasteiger partial charge in [0.05, 0.1) is 5.69 Å². The fourth-order valence-electron chi connectivity index (χ4n) is 3.40. The van der Waals surface area contributed by atoms with E-state index >= 15 is 0 Å². The lowest BCUT2D eigenvalue weighted by Gasteiger charge is -2.15. The average molecular weight is 400 g/mol. The van der Waals surface area contributed by atoms with Crippen LogP contribution in [0.2, 0.25) is 0 Å². The van der Waals surface area contributed by atoms with Crippen LogP contribution in [0.1, 0.15) is 5.56 Å². The summed E-state index contributed by atoms with van der Waals surface area (Å²) in [7, 11) is 2.18. The molecule has 0 saturated carbocycles. The van der Waals surface area contributed by atoms with Crippen LogP contribution in [0.3, 0.4) is 0 Å². The molecule has 0 aliphatic carbocycles. The number of aromatic nitrogens is 1. The van der Waals surface area contributed by atoms with Crippen molar-refractivity contribution in [2.24, 2.45) is 0 Å². The van der Waals surface area contributed by atoms with Crippen molar-refractivity contribution in [1.82, 2.24) is 4.57 Å². The van der Waals surface area contributed by atoms with Gasteiger partial charge < -0.3 is 4.57 Å². The molecule has 1 nitrogen and oxygen atoms in total. The van der Waals surface area contributed by atoms with Crippen LogP contribution < -0.4 is 5.46 Å². The third-order valence-electron chi connectivity index (χ3n) is 4.73. The molecule has 0 saturated heterocycles. The highest BCUT2D eigenvalue weighted by Crippen LogP contribution is 2.36. The summed E-state index contributed by atoms with van der Waals surface area (Å²) in [5.74, 6) is 0. The zero-order chi connectivity index (χ0) is 18.1. The normalized spacial score (nSPS) is 10.8. The van der Waals surface area contributed by atoms with Crippen LogP contribution >= 0.6 is 15.9 Å². The Morgan fingerprint density at radius 2 is 1.19 bits per heavy atom. The Labute approximate surface area is 163 Å². The molecule has 0 N–H and O–H groups in total. The molecule has 0 aliphatic rings. The lowest BCUT2D eigenvalue weighted by atomic mass is 9.92. The van der Waals surface area contributed by atoms with E-state index in [1.807, 2.05) is 0 Å². The Balaban J connectivity index is 2.08. The van der Waals surface area contributed by atoms with Crippen molar-refractivity contribution >= 4 is 29.2 Å². The zero-order valence-corrected chi connectivity index (χ0v) is 16.5. The van der Waals surface area contributed by atoms with Gasteiger partial charge in [0.15, 0.2) is 0 Å². The largest absolute Gasteiger partial charge is 0.309 e. The molecule has 26 heavy (non-hydrogen) atoms. The summed E-state index contributed by atoms with van der Waals surface area (Å²) in [5, 5.41) is 0. The molecule has 0 amide bonds. The van der Waals surface area contributed by atoms with Crippen LogP contribution in [0.5, 0.6) is 0 Å². The fraction of sp³-hybridized carbons (Fsp3) is 0.0435. The lowest BCUT2D eigenvalue weighted by molar-refractivity contribution is 1.09. The first-order valence-corrected chi connectivity index (χ1v) is 9.55. The highest BCUT2D eigenvalue weighted by molar-refractivity contribution is 9.10. The zero-order valence-electron chi connectivity index (χ0n) is 14.9. The molecule has 1 aromatic heterocycles. The summed E-state index contributed by atoms with van der Waals surface area (Å²) in [6.45, 7) is 2.12. The molecule has 0 atom stereocenters. The quantitative estimate of drug-likeness (QED) is 0.420. The summed E-state index contributed by atoms with van der Waals surface area (Å²) in [6.07, 6.45) is 0. The van der Waals surface area contributed by atoms with Crippen molar-refractivity contribution in [2.75, 3.05) is 0 Å². The van der Waals surface area contributed by atoms with E-state index in [9.17, 15) is 0 Å². The van der Waals surface area contributed by atoms with Crippen molar-refractivity contribution in [3.63, 3.8) is 0 Å². The molecule has 126 valence electrons. The van der Waals surface area contributed by atoms with Gasteiger partial charge in [-0.1, -0.05) is 78.4 Å². The molecule has 4 aromatic rings. The van der Waals surface area contributed by atoms with Gasteiger partial charge in [0.1, 0.15) is 7.85 Å². The first-order valence-electron chi connectivity index (χ1n) is 8.75. The van der Waals surface area contributed by atoms with Crippen LogP contribution in [0.25, 0.3) is 28.2 Å². The van der Waals surface area contributed by atoms with Gasteiger partial charge in [-0.25, -0.2) is 0 Å². The Kier molecular flexibility index (Phi) is 4.56. The van der Waals surface area contributed by atoms with E-state index in [4.69, 9.17) is 0 Å². The number of rotatable bonds is 3. The van der Waals surface area contributed by atoms with E-state index in [2.05, 4.69) is 120 Å². The lowest BCUT2D eigenvalue weighted by Crippen LogP contribution is -2.08. The first-order chi connectivity index (χ1) is 12.7. The van der Waals surface area contributed by atoms with Gasteiger partial charge >= 0.3 is 0 Å². The minimum absolute atomic E-state index is 1.14. The first kappa shape index (κ1) is 16.9. The van der Waals surface area contributed by atoms with Gasteiger partial charge in [-0.3, -0.25) is 0 Å². The van der Waals surface area contributed by atoms with Gasteiger partial charge in [-0.15, -0.1) is 0 Å². The van der Waals surface area contributed by atoms with Crippen molar-refractivity contribution in [2.45, 2.75) is 6.92 Å². The minimum atomic E-state index is 1.14. The van der Waals surface area contributed by atoms with Gasteiger partial charge in [0.25, 0.3) is 0 Å². The van der Waals surface area contributed by atoms with Crippen LogP contribution in [0.15, 0.2) is 89.4 Å². The highest BCUT2D eigenvalue weighted by Gasteiger charge is 2.21. The van der Waals surface area contributed by atoms with Gasteiger partial charge in [0.2, 0.25) is 0 Å². The van der Waals surface area contributed by atoms with Crippen LogP contribution in [-0.2, 0) is 0 Å². The second kappa shape index (κ2) is 7.01. The molecular formula is C23H19BBrN. The number of hydrogen-bond acceptors (Lipinski definition) is 0. The van der Waals surface area contributed by atoms with Crippen LogP contribution in [0.4, 0.5) is 0 Å². The molecule has 0 bridgehead atoms. The Morgan fingerprint density at radius 1 is 0.692 bits per heavy atom. The van der Waals surface area contributed by atoms with Crippen LogP contribution in [-0.4, -0.2) is 12.4 Å². The number of nitrogens with zero attached hydrogens (tertiary/aromatic N) is 1. The second-order valence-electron chi connectivity index (χ2n) is 6.54. The van der Waals surface area contributed by atoms with Gasteiger partial charge in [0, 0.05) is 15.9 Å². The predicted octanol–water partition coefficient (Wildman–Crippen LogP) is 5.14. The summed E-state index contributed by atoms with van der Waals surface area (Å²) in [6, 6.07) is 29.9. The molecular weight excluding hydrogens is 381 g/mol. The molecule has 0 radical (unpaired) electrons. The van der Waals surface area contributed by atoms with E-state index in [1.165, 1.54) is 39.2 Å². The highest BCUT2D eigenvalue weighted by atomic mass is 79.9. The van der Waals surface area contributed by atoms with E-state index in [-0.39, 0.29) is 0 Å². The summed E-state index contributed by atoms with van der Waals surface area (Å²) >= 11 is 3.88. The summed E-state index contributed by atoms with van der Waals surface area (Å²) < 4.78 is 3.51. The average Bonchev–Trinajstić information content (AvgIpc) is 2.95. The maximum absolute atomic E-state index is 3.88. The maximum atomic E-state index is 3.88. The third kappa shape index (κ3) is 2.93. The van der Waals surface area contributed by atoms with Gasteiger partial charge in [-0.05, 0) is 51.6 Å². The number of benzene rings is 3. The Bertz CT molecular complexity index is 972. The van der Waals surface area contributed by atoms with E-state index in [1.54, 1.807) is 0 Å². The number of hydrogen-bond donors (Lipinski definition) is 0. The van der Waals surface area contributed by atoms with E-state index in [0.29, 0.717) is 0 Å². The van der Waals surface area contributed by atoms with Crippen molar-refractivity contribution < 1.29 is 0 Å². The predicted molar refractivity (Wildman–Crippen MR) is 117 cm³/mol. The Morgan fingerprint density at radius 3 is 1.73 bits per heavy atom. The fourth-order valence-corrected chi connectivity index (χ4v) is 4.00.